The summed E-state index contributed by atoms with van der Waals surface area (Å²) < 4.78 is 0. The Morgan fingerprint density at radius 2 is 1.04 bits per heavy atom. The molecule has 0 aromatic heterocycles. The molecule has 2 heteroatoms. The summed E-state index contributed by atoms with van der Waals surface area (Å²) >= 11 is 0. The Labute approximate surface area is 296 Å². The van der Waals surface area contributed by atoms with Gasteiger partial charge in [0.25, 0.3) is 0 Å². The number of rotatable bonds is 10. The minimum Gasteiger partial charge on any atom is -0.345 e. The molecule has 0 radical (unpaired) electrons. The third kappa shape index (κ3) is 7.02. The second-order valence-electron chi connectivity index (χ2n) is 13.0. The number of hydrogen-bond acceptors (Lipinski definition) is 2. The first-order valence-corrected chi connectivity index (χ1v) is 17.3. The molecule has 0 aliphatic heterocycles. The fraction of sp³-hybridized carbons (Fsp3) is 0.0833. The molecule has 0 aliphatic rings. The molecule has 0 heterocycles. The molecule has 50 heavy (non-hydrogen) atoms. The van der Waals surface area contributed by atoms with Gasteiger partial charge < -0.3 is 9.80 Å². The van der Waals surface area contributed by atoms with Gasteiger partial charge in [0.1, 0.15) is 0 Å². The lowest BCUT2D eigenvalue weighted by atomic mass is 9.98. The molecular formula is C48H42N2. The topological polar surface area (TPSA) is 6.48 Å². The minimum atomic E-state index is 0.853. The standard InChI is InChI=1S/C48H42N2/c1-5-6-12-39(31-35(2)3)38-21-28-47(29-22-38)50(45-15-8-7-9-16-45)46-26-19-37(20-27-46)36-17-24-44(25-18-36)49(4)48-30-23-42-32-40-13-10-11-14-41(40)33-43(42)34-48/h5-30,32-34H,2,31H2,1,3-4H3/b6-5-,39-12+. The molecule has 0 saturated carbocycles. The maximum absolute atomic E-state index is 4.15. The average molecular weight is 647 g/mol. The molecule has 0 unspecified atom stereocenters. The van der Waals surface area contributed by atoms with Crippen LogP contribution in [0.1, 0.15) is 25.8 Å². The van der Waals surface area contributed by atoms with E-state index in [1.165, 1.54) is 49.5 Å². The van der Waals surface area contributed by atoms with Gasteiger partial charge in [-0.05, 0) is 137 Å². The van der Waals surface area contributed by atoms with Gasteiger partial charge >= 0.3 is 0 Å². The number of para-hydroxylation sites is 1. The van der Waals surface area contributed by atoms with Crippen molar-refractivity contribution in [1.29, 1.82) is 0 Å². The van der Waals surface area contributed by atoms with E-state index in [-0.39, 0.29) is 0 Å². The molecule has 0 amide bonds. The van der Waals surface area contributed by atoms with E-state index in [2.05, 4.69) is 206 Å². The summed E-state index contributed by atoms with van der Waals surface area (Å²) in [6.45, 7) is 8.28. The number of anilines is 5. The van der Waals surface area contributed by atoms with E-state index in [0.29, 0.717) is 0 Å². The van der Waals surface area contributed by atoms with Crippen LogP contribution >= 0.6 is 0 Å². The first kappa shape index (κ1) is 32.4. The van der Waals surface area contributed by atoms with Crippen molar-refractivity contribution in [2.75, 3.05) is 16.8 Å². The zero-order valence-corrected chi connectivity index (χ0v) is 29.1. The number of benzene rings is 7. The highest BCUT2D eigenvalue weighted by Gasteiger charge is 2.14. The molecule has 2 nitrogen and oxygen atoms in total. The van der Waals surface area contributed by atoms with Crippen LogP contribution in [-0.4, -0.2) is 7.05 Å². The van der Waals surface area contributed by atoms with Gasteiger partial charge in [-0.25, -0.2) is 0 Å². The van der Waals surface area contributed by atoms with Crippen LogP contribution in [0.15, 0.2) is 188 Å². The molecule has 7 aromatic carbocycles. The summed E-state index contributed by atoms with van der Waals surface area (Å²) in [5, 5.41) is 5.04. The largest absolute Gasteiger partial charge is 0.345 e. The van der Waals surface area contributed by atoms with Gasteiger partial charge in [0.2, 0.25) is 0 Å². The zero-order chi connectivity index (χ0) is 34.5. The molecule has 0 spiro atoms. The van der Waals surface area contributed by atoms with Crippen LogP contribution in [-0.2, 0) is 0 Å². The predicted molar refractivity (Wildman–Crippen MR) is 218 cm³/mol. The second-order valence-corrected chi connectivity index (χ2v) is 13.0. The summed E-state index contributed by atoms with van der Waals surface area (Å²) in [5.41, 5.74) is 11.7. The third-order valence-electron chi connectivity index (χ3n) is 9.28. The van der Waals surface area contributed by atoms with Crippen LogP contribution in [0.2, 0.25) is 0 Å². The maximum Gasteiger partial charge on any atom is 0.0462 e. The first-order chi connectivity index (χ1) is 24.5. The minimum absolute atomic E-state index is 0.853. The fourth-order valence-electron chi connectivity index (χ4n) is 6.61. The Kier molecular flexibility index (Phi) is 9.44. The molecule has 7 aromatic rings. The zero-order valence-electron chi connectivity index (χ0n) is 29.1. The Hall–Kier alpha value is -6.12. The van der Waals surface area contributed by atoms with E-state index < -0.39 is 0 Å². The molecule has 244 valence electrons. The molecule has 0 saturated heterocycles. The normalized spacial score (nSPS) is 11.7. The summed E-state index contributed by atoms with van der Waals surface area (Å²) in [7, 11) is 2.14. The lowest BCUT2D eigenvalue weighted by Crippen LogP contribution is -2.10. The lowest BCUT2D eigenvalue weighted by Gasteiger charge is -2.26. The van der Waals surface area contributed by atoms with Crippen molar-refractivity contribution in [1.82, 2.24) is 0 Å². The van der Waals surface area contributed by atoms with Gasteiger partial charge in [-0.3, -0.25) is 0 Å². The Bertz CT molecular complexity index is 2310. The number of hydrogen-bond donors (Lipinski definition) is 0. The molecule has 0 atom stereocenters. The summed E-state index contributed by atoms with van der Waals surface area (Å²) in [6.07, 6.45) is 7.20. The van der Waals surface area contributed by atoms with Crippen LogP contribution in [0.25, 0.3) is 38.2 Å². The van der Waals surface area contributed by atoms with E-state index in [1.807, 2.05) is 6.92 Å². The van der Waals surface area contributed by atoms with Crippen LogP contribution in [0.4, 0.5) is 28.4 Å². The number of nitrogens with zero attached hydrogens (tertiary/aromatic N) is 2. The van der Waals surface area contributed by atoms with Gasteiger partial charge in [0, 0.05) is 35.5 Å². The highest BCUT2D eigenvalue weighted by Crippen LogP contribution is 2.37. The summed E-state index contributed by atoms with van der Waals surface area (Å²) in [5.74, 6) is 0. The van der Waals surface area contributed by atoms with Crippen molar-refractivity contribution in [2.45, 2.75) is 20.3 Å². The average Bonchev–Trinajstić information content (AvgIpc) is 3.16. The van der Waals surface area contributed by atoms with E-state index >= 15 is 0 Å². The van der Waals surface area contributed by atoms with E-state index in [9.17, 15) is 0 Å². The monoisotopic (exact) mass is 646 g/mol. The molecule has 7 rings (SSSR count). The van der Waals surface area contributed by atoms with Crippen LogP contribution in [0, 0.1) is 0 Å². The summed E-state index contributed by atoms with van der Waals surface area (Å²) in [4.78, 5) is 4.56. The number of fused-ring (bicyclic) bond motifs is 2. The fourth-order valence-corrected chi connectivity index (χ4v) is 6.61. The quantitative estimate of drug-likeness (QED) is 0.0829. The Balaban J connectivity index is 1.13. The highest BCUT2D eigenvalue weighted by atomic mass is 15.1. The van der Waals surface area contributed by atoms with Gasteiger partial charge in [0.05, 0.1) is 0 Å². The van der Waals surface area contributed by atoms with Gasteiger partial charge in [-0.2, -0.15) is 0 Å². The highest BCUT2D eigenvalue weighted by molar-refractivity contribution is 5.99. The van der Waals surface area contributed by atoms with Gasteiger partial charge in [-0.15, -0.1) is 0 Å². The van der Waals surface area contributed by atoms with Crippen molar-refractivity contribution >= 4 is 55.6 Å². The smallest absolute Gasteiger partial charge is 0.0462 e. The maximum atomic E-state index is 4.15. The molecule has 0 N–H and O–H groups in total. The molecule has 0 fully saturated rings. The van der Waals surface area contributed by atoms with Crippen LogP contribution in [0.3, 0.4) is 0 Å². The van der Waals surface area contributed by atoms with Crippen LogP contribution in [0.5, 0.6) is 0 Å². The van der Waals surface area contributed by atoms with E-state index in [4.69, 9.17) is 0 Å². The van der Waals surface area contributed by atoms with Crippen molar-refractivity contribution in [3.05, 3.63) is 194 Å². The van der Waals surface area contributed by atoms with E-state index in [0.717, 1.165) is 34.7 Å². The van der Waals surface area contributed by atoms with Crippen molar-refractivity contribution < 1.29 is 0 Å². The Morgan fingerprint density at radius 1 is 0.540 bits per heavy atom. The third-order valence-corrected chi connectivity index (χ3v) is 9.28. The van der Waals surface area contributed by atoms with Crippen LogP contribution < -0.4 is 9.80 Å². The molecular weight excluding hydrogens is 605 g/mol. The SMILES string of the molecule is C=C(C)C/C(=C\C=C/C)c1ccc(N(c2ccccc2)c2ccc(-c3ccc(N(C)c4ccc5cc6ccccc6cc5c4)cc3)cc2)cc1. The first-order valence-electron chi connectivity index (χ1n) is 17.3. The molecule has 0 bridgehead atoms. The predicted octanol–water partition coefficient (Wildman–Crippen LogP) is 13.8. The lowest BCUT2D eigenvalue weighted by molar-refractivity contribution is 1.21. The van der Waals surface area contributed by atoms with E-state index in [1.54, 1.807) is 0 Å². The van der Waals surface area contributed by atoms with Crippen molar-refractivity contribution in [3.63, 3.8) is 0 Å². The Morgan fingerprint density at radius 3 is 1.64 bits per heavy atom. The van der Waals surface area contributed by atoms with Crippen molar-refractivity contribution in [2.24, 2.45) is 0 Å². The van der Waals surface area contributed by atoms with Crippen molar-refractivity contribution in [3.8, 4) is 11.1 Å². The number of allylic oxidation sites excluding steroid dienone is 5. The molecule has 0 aliphatic carbocycles. The summed E-state index contributed by atoms with van der Waals surface area (Å²) in [6, 6.07) is 57.0. The van der Waals surface area contributed by atoms with Gasteiger partial charge in [0.15, 0.2) is 0 Å². The van der Waals surface area contributed by atoms with Gasteiger partial charge in [-0.1, -0.05) is 115 Å². The second kappa shape index (κ2) is 14.6.